The molecule has 0 spiro atoms. The second kappa shape index (κ2) is 7.12. The Balaban J connectivity index is 1.83. The monoisotopic (exact) mass is 335 g/mol. The van der Waals surface area contributed by atoms with Crippen LogP contribution < -0.4 is 15.3 Å². The zero-order valence-electron chi connectivity index (χ0n) is 12.6. The predicted octanol–water partition coefficient (Wildman–Crippen LogP) is -0.421. The van der Waals surface area contributed by atoms with E-state index in [0.717, 1.165) is 32.8 Å². The minimum atomic E-state index is -1.25. The van der Waals surface area contributed by atoms with Crippen molar-refractivity contribution in [2.45, 2.75) is 0 Å². The van der Waals surface area contributed by atoms with Crippen molar-refractivity contribution in [1.82, 2.24) is 4.98 Å². The Morgan fingerprint density at radius 3 is 2.91 bits per heavy atom. The average molecular weight is 336 g/mol. The lowest BCUT2D eigenvalue weighted by Gasteiger charge is -2.24. The topological polar surface area (TPSA) is 78.7 Å². The molecule has 1 aliphatic rings. The van der Waals surface area contributed by atoms with Gasteiger partial charge in [-0.25, -0.2) is 0 Å². The molecule has 0 atom stereocenters. The predicted molar refractivity (Wildman–Crippen MR) is 86.0 cm³/mol. The lowest BCUT2D eigenvalue weighted by molar-refractivity contribution is -0.906. The fraction of sp³-hybridized carbons (Fsp3) is 0.375. The average Bonchev–Trinajstić information content (AvgIpc) is 2.56. The van der Waals surface area contributed by atoms with E-state index in [4.69, 9.17) is 16.3 Å². The molecule has 0 bridgehead atoms. The Kier molecular flexibility index (Phi) is 4.95. The van der Waals surface area contributed by atoms with Crippen LogP contribution >= 0.6 is 11.6 Å². The molecule has 0 unspecified atom stereocenters. The molecular weight excluding hydrogens is 318 g/mol. The van der Waals surface area contributed by atoms with E-state index in [1.807, 2.05) is 6.07 Å². The van der Waals surface area contributed by atoms with Crippen molar-refractivity contribution >= 4 is 34.2 Å². The van der Waals surface area contributed by atoms with Crippen LogP contribution in [0, 0.1) is 0 Å². The van der Waals surface area contributed by atoms with Crippen molar-refractivity contribution in [3.05, 3.63) is 35.0 Å². The van der Waals surface area contributed by atoms with E-state index in [1.165, 1.54) is 11.1 Å². The zero-order valence-corrected chi connectivity index (χ0v) is 13.4. The Morgan fingerprint density at radius 2 is 2.17 bits per heavy atom. The van der Waals surface area contributed by atoms with E-state index < -0.39 is 5.97 Å². The third-order valence-electron chi connectivity index (χ3n) is 4.05. The van der Waals surface area contributed by atoms with Gasteiger partial charge in [-0.05, 0) is 6.07 Å². The molecule has 1 aliphatic heterocycles. The smallest absolute Gasteiger partial charge is 0.101 e. The molecular formula is C16H18ClN3O3. The molecule has 23 heavy (non-hydrogen) atoms. The van der Waals surface area contributed by atoms with Crippen LogP contribution in [-0.4, -0.2) is 50.3 Å². The number of carbonyl (C=O) groups excluding carboxylic acids is 1. The summed E-state index contributed by atoms with van der Waals surface area (Å²) in [7, 11) is 0. The highest BCUT2D eigenvalue weighted by Crippen LogP contribution is 2.29. The number of nitrogens with zero attached hydrogens (tertiary/aromatic N) is 1. The van der Waals surface area contributed by atoms with Gasteiger partial charge < -0.3 is 24.9 Å². The van der Waals surface area contributed by atoms with Crippen LogP contribution in [0.1, 0.15) is 10.4 Å². The van der Waals surface area contributed by atoms with Crippen molar-refractivity contribution in [1.29, 1.82) is 0 Å². The summed E-state index contributed by atoms with van der Waals surface area (Å²) in [5.41, 5.74) is 1.15. The van der Waals surface area contributed by atoms with E-state index in [0.29, 0.717) is 28.2 Å². The lowest BCUT2D eigenvalue weighted by Crippen LogP contribution is -3.14. The Bertz CT molecular complexity index is 717. The maximum atomic E-state index is 11.4. The van der Waals surface area contributed by atoms with Gasteiger partial charge in [-0.2, -0.15) is 0 Å². The number of benzene rings is 1. The van der Waals surface area contributed by atoms with E-state index in [-0.39, 0.29) is 5.56 Å². The second-order valence-electron chi connectivity index (χ2n) is 5.51. The number of halogens is 1. The van der Waals surface area contributed by atoms with Gasteiger partial charge in [0.15, 0.2) is 0 Å². The first-order valence-electron chi connectivity index (χ1n) is 7.60. The quantitative estimate of drug-likeness (QED) is 0.776. The highest BCUT2D eigenvalue weighted by Gasteiger charge is 2.15. The molecule has 0 aliphatic carbocycles. The molecule has 1 fully saturated rings. The van der Waals surface area contributed by atoms with Crippen molar-refractivity contribution in [3.63, 3.8) is 0 Å². The summed E-state index contributed by atoms with van der Waals surface area (Å²) >= 11 is 6.15. The number of ether oxygens (including phenoxy) is 1. The van der Waals surface area contributed by atoms with Crippen molar-refractivity contribution in [2.75, 3.05) is 44.7 Å². The summed E-state index contributed by atoms with van der Waals surface area (Å²) in [6.07, 6.45) is 1.30. The molecule has 1 saturated heterocycles. The van der Waals surface area contributed by atoms with Gasteiger partial charge in [0, 0.05) is 17.1 Å². The summed E-state index contributed by atoms with van der Waals surface area (Å²) in [4.78, 5) is 17.0. The molecule has 7 heteroatoms. The molecule has 0 amide bonds. The number of carboxylic acids is 1. The number of nitrogens with one attached hydrogen (secondary N) is 2. The summed E-state index contributed by atoms with van der Waals surface area (Å²) in [6, 6.07) is 5.33. The summed E-state index contributed by atoms with van der Waals surface area (Å²) in [5, 5.41) is 15.8. The zero-order chi connectivity index (χ0) is 16.2. The number of pyridine rings is 1. The number of carboxylic acid groups (broad SMARTS) is 1. The molecule has 6 nitrogen and oxygen atoms in total. The molecule has 2 heterocycles. The van der Waals surface area contributed by atoms with Crippen molar-refractivity contribution in [3.8, 4) is 0 Å². The largest absolute Gasteiger partial charge is 0.545 e. The van der Waals surface area contributed by atoms with Crippen molar-refractivity contribution < 1.29 is 19.5 Å². The molecule has 2 N–H and O–H groups in total. The van der Waals surface area contributed by atoms with Gasteiger partial charge in [0.1, 0.15) is 13.1 Å². The summed E-state index contributed by atoms with van der Waals surface area (Å²) < 4.78 is 5.34. The highest BCUT2D eigenvalue weighted by atomic mass is 35.5. The maximum absolute atomic E-state index is 11.4. The normalized spacial score (nSPS) is 15.7. The van der Waals surface area contributed by atoms with Gasteiger partial charge in [0.25, 0.3) is 0 Å². The molecule has 1 aromatic heterocycles. The lowest BCUT2D eigenvalue weighted by atomic mass is 10.1. The van der Waals surface area contributed by atoms with E-state index >= 15 is 0 Å². The minimum Gasteiger partial charge on any atom is -0.545 e. The van der Waals surface area contributed by atoms with Crippen LogP contribution in [0.2, 0.25) is 5.02 Å². The van der Waals surface area contributed by atoms with E-state index in [9.17, 15) is 9.90 Å². The third-order valence-corrected chi connectivity index (χ3v) is 4.35. The maximum Gasteiger partial charge on any atom is 0.101 e. The number of para-hydroxylation sites is 1. The first kappa shape index (κ1) is 16.0. The SMILES string of the molecule is O=C([O-])c1cnc2c(Cl)cccc2c1NCC[NH+]1CCOCC1. The number of quaternary nitrogens is 1. The number of aromatic nitrogens is 1. The first-order valence-corrected chi connectivity index (χ1v) is 7.98. The van der Waals surface area contributed by atoms with Gasteiger partial charge >= 0.3 is 0 Å². The second-order valence-corrected chi connectivity index (χ2v) is 5.92. The van der Waals surface area contributed by atoms with Gasteiger partial charge in [0.2, 0.25) is 0 Å². The molecule has 2 aromatic rings. The van der Waals surface area contributed by atoms with E-state index in [2.05, 4.69) is 10.3 Å². The van der Waals surface area contributed by atoms with Gasteiger partial charge in [-0.15, -0.1) is 0 Å². The molecule has 3 rings (SSSR count). The van der Waals surface area contributed by atoms with Crippen LogP contribution in [0.3, 0.4) is 0 Å². The van der Waals surface area contributed by atoms with Gasteiger partial charge in [-0.1, -0.05) is 23.7 Å². The first-order chi connectivity index (χ1) is 11.2. The molecule has 0 saturated carbocycles. The standard InChI is InChI=1S/C16H18ClN3O3/c17-13-3-1-2-11-14(12(16(21)22)10-19-15(11)13)18-4-5-20-6-8-23-9-7-20/h1-3,10H,4-9H2,(H,18,19)(H,21,22). The van der Waals surface area contributed by atoms with E-state index in [1.54, 1.807) is 12.1 Å². The van der Waals surface area contributed by atoms with Crippen LogP contribution in [0.4, 0.5) is 5.69 Å². The van der Waals surface area contributed by atoms with Crippen LogP contribution in [-0.2, 0) is 4.74 Å². The number of hydrogen-bond donors (Lipinski definition) is 2. The Morgan fingerprint density at radius 1 is 1.39 bits per heavy atom. The van der Waals surface area contributed by atoms with Crippen molar-refractivity contribution in [2.24, 2.45) is 0 Å². The summed E-state index contributed by atoms with van der Waals surface area (Å²) in [5.74, 6) is -1.25. The van der Waals surface area contributed by atoms with Gasteiger partial charge in [0.05, 0.1) is 48.5 Å². The van der Waals surface area contributed by atoms with Gasteiger partial charge in [-0.3, -0.25) is 4.98 Å². The number of fused-ring (bicyclic) bond motifs is 1. The molecule has 122 valence electrons. The van der Waals surface area contributed by atoms with Crippen LogP contribution in [0.15, 0.2) is 24.4 Å². The number of carbonyl (C=O) groups is 1. The Labute approximate surface area is 139 Å². The molecule has 1 aromatic carbocycles. The third kappa shape index (κ3) is 3.55. The number of anilines is 1. The Hall–Kier alpha value is -1.89. The minimum absolute atomic E-state index is 0.0525. The number of rotatable bonds is 5. The summed E-state index contributed by atoms with van der Waals surface area (Å²) in [6.45, 7) is 5.03. The number of aromatic carboxylic acids is 1. The van der Waals surface area contributed by atoms with Crippen LogP contribution in [0.5, 0.6) is 0 Å². The number of morpholine rings is 1. The fourth-order valence-electron chi connectivity index (χ4n) is 2.81. The number of hydrogen-bond acceptors (Lipinski definition) is 5. The van der Waals surface area contributed by atoms with Crippen LogP contribution in [0.25, 0.3) is 10.9 Å². The highest BCUT2D eigenvalue weighted by molar-refractivity contribution is 6.35. The fourth-order valence-corrected chi connectivity index (χ4v) is 3.03. The molecule has 0 radical (unpaired) electrons.